The molecule has 0 amide bonds. The molecule has 138 valence electrons. The predicted octanol–water partition coefficient (Wildman–Crippen LogP) is 1.84. The molecule has 4 N–H and O–H groups in total. The fourth-order valence-electron chi connectivity index (χ4n) is 2.06. The van der Waals surface area contributed by atoms with E-state index in [1.807, 2.05) is 0 Å². The summed E-state index contributed by atoms with van der Waals surface area (Å²) in [5.41, 5.74) is 4.93. The van der Waals surface area contributed by atoms with Crippen molar-refractivity contribution in [2.75, 3.05) is 5.73 Å². The molecule has 0 fully saturated rings. The van der Waals surface area contributed by atoms with E-state index in [-0.39, 0.29) is 16.8 Å². The van der Waals surface area contributed by atoms with Crippen molar-refractivity contribution in [3.63, 3.8) is 0 Å². The van der Waals surface area contributed by atoms with Crippen molar-refractivity contribution < 1.29 is 30.9 Å². The molecule has 0 unspecified atom stereocenters. The number of hydrogen-bond acceptors (Lipinski definition) is 7. The van der Waals surface area contributed by atoms with Gasteiger partial charge in [-0.3, -0.25) is 19.2 Å². The first-order valence-corrected chi connectivity index (χ1v) is 9.58. The van der Waals surface area contributed by atoms with Gasteiger partial charge in [0.2, 0.25) is 0 Å². The largest absolute Gasteiger partial charge is 0.398 e. The molecule has 0 atom stereocenters. The van der Waals surface area contributed by atoms with Gasteiger partial charge in [0.05, 0.1) is 10.6 Å². The number of nitrogen functional groups attached to an aromatic ring is 1. The highest BCUT2D eigenvalue weighted by atomic mass is 32.2. The third-order valence-electron chi connectivity index (χ3n) is 3.26. The van der Waals surface area contributed by atoms with Crippen molar-refractivity contribution in [1.29, 1.82) is 0 Å². The molecular formula is C14H12N2O8S2. The lowest BCUT2D eigenvalue weighted by atomic mass is 10.1. The number of rotatable bonds is 5. The van der Waals surface area contributed by atoms with Crippen LogP contribution in [0.5, 0.6) is 0 Å². The molecule has 2 rings (SSSR count). The lowest BCUT2D eigenvalue weighted by Gasteiger charge is -2.05. The van der Waals surface area contributed by atoms with E-state index in [0.29, 0.717) is 6.07 Å². The van der Waals surface area contributed by atoms with E-state index in [0.717, 1.165) is 18.2 Å². The van der Waals surface area contributed by atoms with Gasteiger partial charge in [-0.2, -0.15) is 16.8 Å². The number of nitro benzene ring substituents is 1. The maximum absolute atomic E-state index is 11.4. The molecule has 0 spiro atoms. The first kappa shape index (κ1) is 19.5. The van der Waals surface area contributed by atoms with E-state index in [4.69, 9.17) is 10.3 Å². The van der Waals surface area contributed by atoms with Crippen LogP contribution in [0.2, 0.25) is 0 Å². The van der Waals surface area contributed by atoms with Gasteiger partial charge in [0, 0.05) is 12.1 Å². The zero-order valence-corrected chi connectivity index (χ0v) is 14.4. The Morgan fingerprint density at radius 2 is 1.54 bits per heavy atom. The number of nitro groups is 1. The predicted molar refractivity (Wildman–Crippen MR) is 92.5 cm³/mol. The molecule has 2 aromatic carbocycles. The SMILES string of the molecule is Nc1ccc(/C=C/c2ccc([N+](=O)[O-])cc2S(=O)(=O)O)cc1S(=O)(=O)O. The lowest BCUT2D eigenvalue weighted by Crippen LogP contribution is -2.03. The van der Waals surface area contributed by atoms with Gasteiger partial charge in [0.25, 0.3) is 25.9 Å². The molecule has 0 saturated heterocycles. The van der Waals surface area contributed by atoms with E-state index in [1.54, 1.807) is 0 Å². The normalized spacial score (nSPS) is 12.4. The fourth-order valence-corrected chi connectivity index (χ4v) is 3.42. The number of hydrogen-bond donors (Lipinski definition) is 3. The standard InChI is InChI=1S/C14H12N2O8S2/c15-12-6-2-9(7-14(12)26(22,23)24)1-3-10-4-5-11(16(17)18)8-13(10)25(19,20)21/h1-8H,15H2,(H,19,20,21)(H,22,23,24)/b3-1+. The fraction of sp³-hybridized carbons (Fsp3) is 0. The molecule has 0 aliphatic rings. The number of non-ortho nitro benzene ring substituents is 1. The Balaban J connectivity index is 2.54. The van der Waals surface area contributed by atoms with Crippen LogP contribution in [0.1, 0.15) is 11.1 Å². The van der Waals surface area contributed by atoms with Crippen molar-refractivity contribution in [2.24, 2.45) is 0 Å². The summed E-state index contributed by atoms with van der Waals surface area (Å²) in [7, 11) is -9.30. The second kappa shape index (κ2) is 6.84. The third kappa shape index (κ3) is 4.43. The van der Waals surface area contributed by atoms with Gasteiger partial charge in [0.15, 0.2) is 0 Å². The van der Waals surface area contributed by atoms with Crippen LogP contribution in [-0.2, 0) is 20.2 Å². The van der Waals surface area contributed by atoms with Crippen LogP contribution >= 0.6 is 0 Å². The first-order chi connectivity index (χ1) is 11.9. The minimum Gasteiger partial charge on any atom is -0.398 e. The number of nitrogens with two attached hydrogens (primary N) is 1. The molecule has 0 aliphatic carbocycles. The Kier molecular flexibility index (Phi) is 5.13. The van der Waals surface area contributed by atoms with Crippen LogP contribution in [0.15, 0.2) is 46.2 Å². The van der Waals surface area contributed by atoms with Gasteiger partial charge in [-0.15, -0.1) is 0 Å². The molecule has 12 heteroatoms. The number of anilines is 1. The minimum atomic E-state index is -4.74. The molecule has 0 heterocycles. The quantitative estimate of drug-likeness (QED) is 0.222. The molecular weight excluding hydrogens is 388 g/mol. The molecule has 0 aliphatic heterocycles. The smallest absolute Gasteiger partial charge is 0.296 e. The summed E-state index contributed by atoms with van der Waals surface area (Å²) in [6.45, 7) is 0. The molecule has 0 bridgehead atoms. The van der Waals surface area contributed by atoms with E-state index < -0.39 is 40.6 Å². The second-order valence-corrected chi connectivity index (χ2v) is 7.84. The zero-order valence-electron chi connectivity index (χ0n) is 12.8. The van der Waals surface area contributed by atoms with Gasteiger partial charge in [-0.1, -0.05) is 18.2 Å². The van der Waals surface area contributed by atoms with Crippen LogP contribution < -0.4 is 5.73 Å². The van der Waals surface area contributed by atoms with Gasteiger partial charge in [-0.25, -0.2) is 0 Å². The molecule has 0 radical (unpaired) electrons. The minimum absolute atomic E-state index is 0.0664. The maximum Gasteiger partial charge on any atom is 0.296 e. The van der Waals surface area contributed by atoms with E-state index in [2.05, 4.69) is 0 Å². The van der Waals surface area contributed by atoms with Crippen molar-refractivity contribution in [1.82, 2.24) is 0 Å². The van der Waals surface area contributed by atoms with Crippen LogP contribution in [0, 0.1) is 10.1 Å². The summed E-state index contributed by atoms with van der Waals surface area (Å²) in [5.74, 6) is 0. The average Bonchev–Trinajstić information content (AvgIpc) is 2.51. The van der Waals surface area contributed by atoms with Crippen LogP contribution in [-0.4, -0.2) is 30.9 Å². The summed E-state index contributed by atoms with van der Waals surface area (Å²) >= 11 is 0. The molecule has 0 aromatic heterocycles. The zero-order chi connectivity index (χ0) is 19.7. The van der Waals surface area contributed by atoms with Crippen LogP contribution in [0.3, 0.4) is 0 Å². The Labute approximate surface area is 148 Å². The van der Waals surface area contributed by atoms with Gasteiger partial charge in [-0.05, 0) is 29.3 Å². The molecule has 2 aromatic rings. The first-order valence-electron chi connectivity index (χ1n) is 6.70. The monoisotopic (exact) mass is 400 g/mol. The van der Waals surface area contributed by atoms with Crippen molar-refractivity contribution in [2.45, 2.75) is 9.79 Å². The van der Waals surface area contributed by atoms with Crippen LogP contribution in [0.25, 0.3) is 12.2 Å². The van der Waals surface area contributed by atoms with Crippen molar-refractivity contribution in [3.05, 3.63) is 57.6 Å². The van der Waals surface area contributed by atoms with Gasteiger partial charge in [0.1, 0.15) is 9.79 Å². The van der Waals surface area contributed by atoms with Gasteiger partial charge < -0.3 is 5.73 Å². The van der Waals surface area contributed by atoms with Crippen molar-refractivity contribution >= 4 is 43.8 Å². The topological polar surface area (TPSA) is 178 Å². The average molecular weight is 400 g/mol. The molecule has 0 saturated carbocycles. The van der Waals surface area contributed by atoms with E-state index in [1.165, 1.54) is 24.3 Å². The second-order valence-electron chi connectivity index (χ2n) is 5.06. The number of benzene rings is 2. The van der Waals surface area contributed by atoms with E-state index in [9.17, 15) is 31.5 Å². The summed E-state index contributed by atoms with van der Waals surface area (Å²) in [6, 6.07) is 6.53. The summed E-state index contributed by atoms with van der Waals surface area (Å²) in [6.07, 6.45) is 2.48. The highest BCUT2D eigenvalue weighted by Gasteiger charge is 2.19. The Bertz CT molecular complexity index is 1120. The van der Waals surface area contributed by atoms with E-state index >= 15 is 0 Å². The van der Waals surface area contributed by atoms with Crippen molar-refractivity contribution in [3.8, 4) is 0 Å². The lowest BCUT2D eigenvalue weighted by molar-refractivity contribution is -0.385. The highest BCUT2D eigenvalue weighted by molar-refractivity contribution is 7.86. The van der Waals surface area contributed by atoms with Gasteiger partial charge >= 0.3 is 0 Å². The Hall–Kier alpha value is -2.80. The Morgan fingerprint density at radius 3 is 2.08 bits per heavy atom. The molecule has 26 heavy (non-hydrogen) atoms. The molecule has 10 nitrogen and oxygen atoms in total. The summed E-state index contributed by atoms with van der Waals surface area (Å²) in [5, 5.41) is 10.8. The number of nitrogens with zero attached hydrogens (tertiary/aromatic N) is 1. The van der Waals surface area contributed by atoms with Crippen LogP contribution in [0.4, 0.5) is 11.4 Å². The highest BCUT2D eigenvalue weighted by Crippen LogP contribution is 2.25. The Morgan fingerprint density at radius 1 is 0.923 bits per heavy atom. The third-order valence-corrected chi connectivity index (χ3v) is 5.08. The summed E-state index contributed by atoms with van der Waals surface area (Å²) in [4.78, 5) is 8.72. The maximum atomic E-state index is 11.4. The summed E-state index contributed by atoms with van der Waals surface area (Å²) < 4.78 is 63.7.